The van der Waals surface area contributed by atoms with Crippen LogP contribution in [0.3, 0.4) is 0 Å². The summed E-state index contributed by atoms with van der Waals surface area (Å²) in [5, 5.41) is 0. The molecule has 1 aromatic heterocycles. The minimum Gasteiger partial charge on any atom is -0.265 e. The number of alkyl halides is 3. The number of sulfonamides is 1. The highest BCUT2D eigenvalue weighted by Crippen LogP contribution is 2.21. The van der Waals surface area contributed by atoms with E-state index in [2.05, 4.69) is 4.98 Å². The number of nitrogens with one attached hydrogen (secondary N) is 1. The molecule has 0 fully saturated rings. The number of pyridine rings is 1. The maximum Gasteiger partial charge on any atom is 0.511 e. The Balaban J connectivity index is 2.49. The van der Waals surface area contributed by atoms with Crippen molar-refractivity contribution in [2.75, 3.05) is 6.54 Å². The number of hydrogen-bond acceptors (Lipinski definition) is 3. The topological polar surface area (TPSA) is 59.1 Å². The van der Waals surface area contributed by atoms with Gasteiger partial charge in [0, 0.05) is 18.9 Å². The molecular weight excluding hydrogens is 245 g/mol. The largest absolute Gasteiger partial charge is 0.511 e. The van der Waals surface area contributed by atoms with Gasteiger partial charge in [0.25, 0.3) is 0 Å². The third kappa shape index (κ3) is 3.46. The van der Waals surface area contributed by atoms with Crippen molar-refractivity contribution in [1.82, 2.24) is 9.71 Å². The third-order valence-electron chi connectivity index (χ3n) is 1.76. The van der Waals surface area contributed by atoms with Gasteiger partial charge < -0.3 is 0 Å². The Morgan fingerprint density at radius 1 is 1.25 bits per heavy atom. The van der Waals surface area contributed by atoms with Crippen molar-refractivity contribution in [2.45, 2.75) is 11.9 Å². The van der Waals surface area contributed by atoms with E-state index >= 15 is 0 Å². The summed E-state index contributed by atoms with van der Waals surface area (Å²) in [4.78, 5) is 3.72. The van der Waals surface area contributed by atoms with Gasteiger partial charge in [0.1, 0.15) is 0 Å². The molecule has 0 saturated carbocycles. The smallest absolute Gasteiger partial charge is 0.265 e. The molecule has 16 heavy (non-hydrogen) atoms. The lowest BCUT2D eigenvalue weighted by molar-refractivity contribution is -0.0447. The lowest BCUT2D eigenvalue weighted by Gasteiger charge is -2.08. The second kappa shape index (κ2) is 4.79. The molecule has 90 valence electrons. The standard InChI is InChI=1S/C8H9F3N2O2S/c9-8(10,11)16(14,15)13-6-3-7-1-4-12-5-2-7/h1-2,4-5,13H,3,6H2. The summed E-state index contributed by atoms with van der Waals surface area (Å²) < 4.78 is 58.4. The minimum atomic E-state index is -5.26. The molecule has 0 radical (unpaired) electrons. The Bertz CT molecular complexity index is 430. The normalized spacial score (nSPS) is 12.7. The Kier molecular flexibility index (Phi) is 3.87. The molecule has 1 N–H and O–H groups in total. The van der Waals surface area contributed by atoms with E-state index in [0.717, 1.165) is 0 Å². The highest BCUT2D eigenvalue weighted by Gasteiger charge is 2.45. The molecule has 0 aliphatic carbocycles. The van der Waals surface area contributed by atoms with Crippen LogP contribution in [0, 0.1) is 0 Å². The Morgan fingerprint density at radius 3 is 2.31 bits per heavy atom. The van der Waals surface area contributed by atoms with Crippen LogP contribution < -0.4 is 4.72 Å². The zero-order valence-electron chi connectivity index (χ0n) is 8.03. The number of rotatable bonds is 4. The van der Waals surface area contributed by atoms with E-state index in [1.54, 1.807) is 12.1 Å². The van der Waals surface area contributed by atoms with Crippen LogP contribution in [0.2, 0.25) is 0 Å². The summed E-state index contributed by atoms with van der Waals surface area (Å²) in [6.07, 6.45) is 3.14. The third-order valence-corrected chi connectivity index (χ3v) is 2.95. The van der Waals surface area contributed by atoms with Crippen LogP contribution in [0.1, 0.15) is 5.56 Å². The summed E-state index contributed by atoms with van der Waals surface area (Å²) in [6, 6.07) is 3.20. The van der Waals surface area contributed by atoms with E-state index < -0.39 is 15.5 Å². The van der Waals surface area contributed by atoms with E-state index in [9.17, 15) is 21.6 Å². The first-order valence-corrected chi connectivity index (χ1v) is 5.76. The van der Waals surface area contributed by atoms with E-state index in [1.165, 1.54) is 17.1 Å². The fourth-order valence-corrected chi connectivity index (χ4v) is 1.50. The fourth-order valence-electron chi connectivity index (χ4n) is 0.961. The molecule has 0 saturated heterocycles. The van der Waals surface area contributed by atoms with Crippen molar-refractivity contribution >= 4 is 10.0 Å². The summed E-state index contributed by atoms with van der Waals surface area (Å²) in [7, 11) is -5.23. The van der Waals surface area contributed by atoms with Crippen LogP contribution in [0.25, 0.3) is 0 Å². The molecule has 0 amide bonds. The molecule has 0 spiro atoms. The molecule has 1 aromatic rings. The van der Waals surface area contributed by atoms with Crippen LogP contribution in [-0.4, -0.2) is 25.5 Å². The van der Waals surface area contributed by atoms with E-state index in [0.29, 0.717) is 5.56 Å². The molecular formula is C8H9F3N2O2S. The summed E-state index contributed by atoms with van der Waals surface area (Å²) >= 11 is 0. The van der Waals surface area contributed by atoms with E-state index in [1.807, 2.05) is 0 Å². The second-order valence-electron chi connectivity index (χ2n) is 2.95. The van der Waals surface area contributed by atoms with Gasteiger partial charge in [-0.3, -0.25) is 4.98 Å². The maximum atomic E-state index is 11.9. The lowest BCUT2D eigenvalue weighted by Crippen LogP contribution is -2.37. The van der Waals surface area contributed by atoms with E-state index in [-0.39, 0.29) is 13.0 Å². The first-order chi connectivity index (χ1) is 7.33. The molecule has 0 atom stereocenters. The first-order valence-electron chi connectivity index (χ1n) is 4.28. The minimum absolute atomic E-state index is 0.178. The molecule has 1 heterocycles. The lowest BCUT2D eigenvalue weighted by atomic mass is 10.2. The molecule has 0 aromatic carbocycles. The average Bonchev–Trinajstić information content (AvgIpc) is 2.17. The van der Waals surface area contributed by atoms with Crippen molar-refractivity contribution in [1.29, 1.82) is 0 Å². The summed E-state index contributed by atoms with van der Waals surface area (Å²) in [6.45, 7) is -0.300. The number of aromatic nitrogens is 1. The van der Waals surface area contributed by atoms with Gasteiger partial charge in [-0.05, 0) is 24.1 Å². The van der Waals surface area contributed by atoms with Crippen LogP contribution in [0.4, 0.5) is 13.2 Å². The molecule has 8 heteroatoms. The van der Waals surface area contributed by atoms with Crippen molar-refractivity contribution in [3.05, 3.63) is 30.1 Å². The predicted octanol–water partition coefficient (Wildman–Crippen LogP) is 1.06. The van der Waals surface area contributed by atoms with Gasteiger partial charge in [0.05, 0.1) is 0 Å². The Labute approximate surface area is 90.6 Å². The molecule has 0 bridgehead atoms. The zero-order chi connectivity index (χ0) is 12.2. The van der Waals surface area contributed by atoms with Gasteiger partial charge in [0.2, 0.25) is 0 Å². The van der Waals surface area contributed by atoms with Crippen molar-refractivity contribution in [2.24, 2.45) is 0 Å². The fraction of sp³-hybridized carbons (Fsp3) is 0.375. The van der Waals surface area contributed by atoms with Crippen molar-refractivity contribution in [3.63, 3.8) is 0 Å². The van der Waals surface area contributed by atoms with Crippen LogP contribution in [0.5, 0.6) is 0 Å². The number of hydrogen-bond donors (Lipinski definition) is 1. The average molecular weight is 254 g/mol. The van der Waals surface area contributed by atoms with Gasteiger partial charge in [0.15, 0.2) is 0 Å². The van der Waals surface area contributed by atoms with Crippen LogP contribution in [0.15, 0.2) is 24.5 Å². The van der Waals surface area contributed by atoms with Gasteiger partial charge in [-0.15, -0.1) is 0 Å². The van der Waals surface area contributed by atoms with Gasteiger partial charge in [-0.25, -0.2) is 13.1 Å². The number of halogens is 3. The Hall–Kier alpha value is -1.15. The molecule has 0 aliphatic rings. The monoisotopic (exact) mass is 254 g/mol. The SMILES string of the molecule is O=S(=O)(NCCc1ccncc1)C(F)(F)F. The number of nitrogens with zero attached hydrogens (tertiary/aromatic N) is 1. The van der Waals surface area contributed by atoms with E-state index in [4.69, 9.17) is 0 Å². The molecule has 4 nitrogen and oxygen atoms in total. The Morgan fingerprint density at radius 2 is 1.81 bits per heavy atom. The second-order valence-corrected chi connectivity index (χ2v) is 4.71. The quantitative estimate of drug-likeness (QED) is 0.874. The maximum absolute atomic E-state index is 11.9. The first kappa shape index (κ1) is 12.9. The van der Waals surface area contributed by atoms with Crippen LogP contribution >= 0.6 is 0 Å². The summed E-state index contributed by atoms with van der Waals surface area (Å²) in [5.74, 6) is 0. The highest BCUT2D eigenvalue weighted by atomic mass is 32.2. The molecule has 0 aliphatic heterocycles. The van der Waals surface area contributed by atoms with Gasteiger partial charge in [-0.1, -0.05) is 0 Å². The van der Waals surface area contributed by atoms with Crippen LogP contribution in [-0.2, 0) is 16.4 Å². The van der Waals surface area contributed by atoms with Crippen molar-refractivity contribution in [3.8, 4) is 0 Å². The summed E-state index contributed by atoms with van der Waals surface area (Å²) in [5.41, 5.74) is -4.55. The zero-order valence-corrected chi connectivity index (χ0v) is 8.85. The predicted molar refractivity (Wildman–Crippen MR) is 50.9 cm³/mol. The molecule has 0 unspecified atom stereocenters. The highest BCUT2D eigenvalue weighted by molar-refractivity contribution is 7.90. The van der Waals surface area contributed by atoms with Gasteiger partial charge >= 0.3 is 15.5 Å². The molecule has 1 rings (SSSR count). The van der Waals surface area contributed by atoms with Gasteiger partial charge in [-0.2, -0.15) is 13.2 Å². The van der Waals surface area contributed by atoms with Crippen molar-refractivity contribution < 1.29 is 21.6 Å².